The Morgan fingerprint density at radius 3 is 2.40 bits per heavy atom. The van der Waals surface area contributed by atoms with E-state index in [1.54, 1.807) is 0 Å². The topological polar surface area (TPSA) is 38.7 Å². The Kier molecular flexibility index (Phi) is 3.00. The average molecular weight is 280 g/mol. The smallest absolute Gasteiger partial charge is 0.171 e. The van der Waals surface area contributed by atoms with Crippen molar-refractivity contribution in [3.63, 3.8) is 0 Å². The first-order valence-corrected chi connectivity index (χ1v) is 8.53. The largest absolute Gasteiger partial charge is 0.393 e. The molecule has 3 heteroatoms. The van der Waals surface area contributed by atoms with Crippen LogP contribution in [0.4, 0.5) is 0 Å². The van der Waals surface area contributed by atoms with Crippen LogP contribution in [0.5, 0.6) is 0 Å². The zero-order valence-corrected chi connectivity index (χ0v) is 12.8. The van der Waals surface area contributed by atoms with Gasteiger partial charge in [-0.25, -0.2) is 0 Å². The Hall–Kier alpha value is -0.120. The van der Waals surface area contributed by atoms with Crippen molar-refractivity contribution < 1.29 is 14.6 Å². The Bertz CT molecular complexity index is 390. The van der Waals surface area contributed by atoms with E-state index in [1.807, 2.05) is 0 Å². The molecule has 6 atom stereocenters. The highest BCUT2D eigenvalue weighted by atomic mass is 16.7. The molecule has 3 saturated carbocycles. The zero-order valence-electron chi connectivity index (χ0n) is 12.8. The van der Waals surface area contributed by atoms with Gasteiger partial charge in [0.15, 0.2) is 5.79 Å². The third-order valence-electron chi connectivity index (χ3n) is 7.38. The number of hydrogen-bond donors (Lipinski definition) is 1. The van der Waals surface area contributed by atoms with E-state index >= 15 is 0 Å². The van der Waals surface area contributed by atoms with Crippen molar-refractivity contribution in [2.75, 3.05) is 13.2 Å². The lowest BCUT2D eigenvalue weighted by molar-refractivity contribution is -0.243. The first kappa shape index (κ1) is 13.5. The molecule has 3 nitrogen and oxygen atoms in total. The maximum atomic E-state index is 10.4. The van der Waals surface area contributed by atoms with E-state index in [4.69, 9.17) is 9.47 Å². The summed E-state index contributed by atoms with van der Waals surface area (Å²) in [7, 11) is 0. The van der Waals surface area contributed by atoms with Crippen LogP contribution < -0.4 is 0 Å². The first-order valence-electron chi connectivity index (χ1n) is 8.53. The summed E-state index contributed by atoms with van der Waals surface area (Å²) in [6.45, 7) is 6.21. The fourth-order valence-corrected chi connectivity index (χ4v) is 6.12. The molecule has 20 heavy (non-hydrogen) atoms. The number of rotatable bonds is 0. The fourth-order valence-electron chi connectivity index (χ4n) is 6.12. The molecule has 4 rings (SSSR count). The van der Waals surface area contributed by atoms with Crippen molar-refractivity contribution in [3.8, 4) is 0 Å². The van der Waals surface area contributed by atoms with Gasteiger partial charge in [-0.3, -0.25) is 0 Å². The van der Waals surface area contributed by atoms with E-state index in [9.17, 15) is 5.11 Å². The minimum Gasteiger partial charge on any atom is -0.393 e. The van der Waals surface area contributed by atoms with Gasteiger partial charge in [-0.15, -0.1) is 0 Å². The van der Waals surface area contributed by atoms with Crippen molar-refractivity contribution in [1.82, 2.24) is 0 Å². The van der Waals surface area contributed by atoms with Crippen LogP contribution in [-0.2, 0) is 9.47 Å². The monoisotopic (exact) mass is 280 g/mol. The van der Waals surface area contributed by atoms with E-state index < -0.39 is 0 Å². The summed E-state index contributed by atoms with van der Waals surface area (Å²) in [6, 6.07) is 0. The van der Waals surface area contributed by atoms with Gasteiger partial charge in [-0.1, -0.05) is 13.8 Å². The van der Waals surface area contributed by atoms with Crippen molar-refractivity contribution >= 4 is 0 Å². The second-order valence-corrected chi connectivity index (χ2v) is 7.91. The quantitative estimate of drug-likeness (QED) is 0.741. The molecule has 1 spiro atoms. The average Bonchev–Trinajstić information content (AvgIpc) is 3.02. The summed E-state index contributed by atoms with van der Waals surface area (Å²) < 4.78 is 12.1. The van der Waals surface area contributed by atoms with Gasteiger partial charge in [0.1, 0.15) is 0 Å². The lowest BCUT2D eigenvalue weighted by Gasteiger charge is -2.55. The molecule has 0 radical (unpaired) electrons. The maximum Gasteiger partial charge on any atom is 0.171 e. The summed E-state index contributed by atoms with van der Waals surface area (Å²) in [5.74, 6) is 2.46. The Balaban J connectivity index is 1.60. The van der Waals surface area contributed by atoms with Gasteiger partial charge in [0.25, 0.3) is 0 Å². The van der Waals surface area contributed by atoms with Crippen LogP contribution in [0.15, 0.2) is 0 Å². The van der Waals surface area contributed by atoms with Crippen molar-refractivity contribution in [2.24, 2.45) is 29.1 Å². The lowest BCUT2D eigenvalue weighted by Crippen LogP contribution is -2.54. The minimum atomic E-state index is -0.272. The summed E-state index contributed by atoms with van der Waals surface area (Å²) in [5, 5.41) is 10.4. The lowest BCUT2D eigenvalue weighted by atomic mass is 9.53. The minimum absolute atomic E-state index is 0.0707. The van der Waals surface area contributed by atoms with Gasteiger partial charge in [0.05, 0.1) is 19.3 Å². The van der Waals surface area contributed by atoms with Gasteiger partial charge in [0, 0.05) is 12.3 Å². The van der Waals surface area contributed by atoms with E-state index in [1.165, 1.54) is 25.7 Å². The SMILES string of the molecule is CC1C2CC[C@]3(C)C(O)CCC3C2CCC12OCCO2. The van der Waals surface area contributed by atoms with Crippen LogP contribution in [0.25, 0.3) is 0 Å². The Morgan fingerprint density at radius 1 is 0.950 bits per heavy atom. The van der Waals surface area contributed by atoms with E-state index in [2.05, 4.69) is 13.8 Å². The molecule has 0 bridgehead atoms. The highest BCUT2D eigenvalue weighted by Crippen LogP contribution is 2.62. The second-order valence-electron chi connectivity index (χ2n) is 7.91. The fraction of sp³-hybridized carbons (Fsp3) is 1.00. The molecule has 3 aliphatic carbocycles. The molecular weight excluding hydrogens is 252 g/mol. The summed E-state index contributed by atoms with van der Waals surface area (Å²) >= 11 is 0. The summed E-state index contributed by atoms with van der Waals surface area (Å²) in [5.41, 5.74) is 0.183. The molecule has 0 aromatic rings. The highest BCUT2D eigenvalue weighted by Gasteiger charge is 2.59. The molecule has 5 unspecified atom stereocenters. The predicted molar refractivity (Wildman–Crippen MR) is 76.1 cm³/mol. The maximum absolute atomic E-state index is 10.4. The number of fused-ring (bicyclic) bond motifs is 3. The Labute approximate surface area is 122 Å². The molecule has 0 amide bonds. The van der Waals surface area contributed by atoms with Crippen LogP contribution in [-0.4, -0.2) is 30.2 Å². The van der Waals surface area contributed by atoms with Gasteiger partial charge >= 0.3 is 0 Å². The molecule has 0 aromatic carbocycles. The molecule has 1 heterocycles. The molecule has 1 aliphatic heterocycles. The van der Waals surface area contributed by atoms with Gasteiger partial charge in [-0.2, -0.15) is 0 Å². The van der Waals surface area contributed by atoms with Crippen molar-refractivity contribution in [2.45, 2.75) is 64.3 Å². The number of hydrogen-bond acceptors (Lipinski definition) is 3. The van der Waals surface area contributed by atoms with Crippen molar-refractivity contribution in [1.29, 1.82) is 0 Å². The molecule has 4 fully saturated rings. The standard InChI is InChI=1S/C17H28O3/c1-11-12-5-7-16(2)14(3-4-15(16)18)13(12)6-8-17(11)19-9-10-20-17/h11-15,18H,3-10H2,1-2H3/t11?,12?,13?,14?,15?,16-/m0/s1. The normalized spacial score (nSPS) is 53.9. The van der Waals surface area contributed by atoms with Crippen LogP contribution in [0.3, 0.4) is 0 Å². The number of aliphatic hydroxyl groups excluding tert-OH is 1. The van der Waals surface area contributed by atoms with E-state index in [0.717, 1.165) is 43.8 Å². The summed E-state index contributed by atoms with van der Waals surface area (Å²) in [6.07, 6.45) is 6.86. The summed E-state index contributed by atoms with van der Waals surface area (Å²) in [4.78, 5) is 0. The van der Waals surface area contributed by atoms with Gasteiger partial charge < -0.3 is 14.6 Å². The third kappa shape index (κ3) is 1.63. The first-order chi connectivity index (χ1) is 9.57. The second kappa shape index (κ2) is 4.44. The van der Waals surface area contributed by atoms with Crippen LogP contribution in [0.1, 0.15) is 52.4 Å². The molecule has 1 N–H and O–H groups in total. The molecular formula is C17H28O3. The van der Waals surface area contributed by atoms with Gasteiger partial charge in [0.2, 0.25) is 0 Å². The highest BCUT2D eigenvalue weighted by molar-refractivity contribution is 5.06. The van der Waals surface area contributed by atoms with Gasteiger partial charge in [-0.05, 0) is 55.3 Å². The predicted octanol–water partition coefficient (Wildman–Crippen LogP) is 2.96. The molecule has 114 valence electrons. The number of aliphatic hydroxyl groups is 1. The molecule has 1 saturated heterocycles. The zero-order chi connectivity index (χ0) is 14.0. The Morgan fingerprint density at radius 2 is 1.65 bits per heavy atom. The van der Waals surface area contributed by atoms with E-state index in [-0.39, 0.29) is 17.3 Å². The van der Waals surface area contributed by atoms with Crippen LogP contribution in [0.2, 0.25) is 0 Å². The van der Waals surface area contributed by atoms with Crippen LogP contribution >= 0.6 is 0 Å². The molecule has 4 aliphatic rings. The number of ether oxygens (including phenoxy) is 2. The third-order valence-corrected chi connectivity index (χ3v) is 7.38. The van der Waals surface area contributed by atoms with Crippen LogP contribution in [0, 0.1) is 29.1 Å². The van der Waals surface area contributed by atoms with E-state index in [0.29, 0.717) is 5.92 Å². The molecule has 0 aromatic heterocycles. The van der Waals surface area contributed by atoms with Crippen molar-refractivity contribution in [3.05, 3.63) is 0 Å².